The van der Waals surface area contributed by atoms with E-state index in [1.54, 1.807) is 0 Å². The molecule has 0 aromatic rings. The molecular formula is C17H30N2O5. The fraction of sp³-hybridized carbons (Fsp3) is 0.824. The first kappa shape index (κ1) is 20.4. The van der Waals surface area contributed by atoms with E-state index in [4.69, 9.17) is 5.11 Å². The predicted molar refractivity (Wildman–Crippen MR) is 89.4 cm³/mol. The first-order chi connectivity index (χ1) is 11.4. The third-order valence-corrected chi connectivity index (χ3v) is 4.34. The summed E-state index contributed by atoms with van der Waals surface area (Å²) in [5.41, 5.74) is -0.823. The van der Waals surface area contributed by atoms with Gasteiger partial charge < -0.3 is 20.8 Å². The summed E-state index contributed by atoms with van der Waals surface area (Å²) in [5, 5.41) is 24.1. The van der Waals surface area contributed by atoms with Crippen LogP contribution in [0.4, 0.5) is 0 Å². The number of carboxylic acid groups (broad SMARTS) is 1. The Balaban J connectivity index is 1.98. The Morgan fingerprint density at radius 2 is 1.50 bits per heavy atom. The minimum absolute atomic E-state index is 0.0654. The standard InChI is InChI=1S/C17H30N2O5/c20-14(19-12-8-16(22)23)7-3-1-6-11-18-15(21)13-17(24)9-4-2-5-10-17/h24H,1-13H2,(H,18,21)(H,19,20)(H,22,23). The van der Waals surface area contributed by atoms with Crippen molar-refractivity contribution >= 4 is 17.8 Å². The van der Waals surface area contributed by atoms with Crippen molar-refractivity contribution < 1.29 is 24.6 Å². The van der Waals surface area contributed by atoms with Gasteiger partial charge in [-0.25, -0.2) is 0 Å². The van der Waals surface area contributed by atoms with Crippen molar-refractivity contribution in [3.63, 3.8) is 0 Å². The van der Waals surface area contributed by atoms with Crippen LogP contribution < -0.4 is 10.6 Å². The Bertz CT molecular complexity index is 419. The fourth-order valence-electron chi connectivity index (χ4n) is 2.96. The van der Waals surface area contributed by atoms with Gasteiger partial charge in [-0.1, -0.05) is 25.7 Å². The maximum Gasteiger partial charge on any atom is 0.305 e. The maximum absolute atomic E-state index is 11.8. The Hall–Kier alpha value is -1.63. The average Bonchev–Trinajstić information content (AvgIpc) is 2.50. The number of carboxylic acids is 1. The van der Waals surface area contributed by atoms with Crippen LogP contribution in [0.2, 0.25) is 0 Å². The van der Waals surface area contributed by atoms with E-state index in [0.717, 1.165) is 32.1 Å². The van der Waals surface area contributed by atoms with Crippen molar-refractivity contribution in [1.82, 2.24) is 10.6 Å². The first-order valence-electron chi connectivity index (χ1n) is 8.89. The molecule has 0 radical (unpaired) electrons. The molecule has 0 aromatic carbocycles. The number of carbonyl (C=O) groups is 3. The number of aliphatic hydroxyl groups is 1. The lowest BCUT2D eigenvalue weighted by Crippen LogP contribution is -2.38. The largest absolute Gasteiger partial charge is 0.481 e. The highest BCUT2D eigenvalue weighted by Crippen LogP contribution is 2.30. The third-order valence-electron chi connectivity index (χ3n) is 4.34. The van der Waals surface area contributed by atoms with Crippen LogP contribution in [-0.2, 0) is 14.4 Å². The van der Waals surface area contributed by atoms with Gasteiger partial charge in [0.2, 0.25) is 11.8 Å². The number of amides is 2. The summed E-state index contributed by atoms with van der Waals surface area (Å²) in [5.74, 6) is -1.17. The molecule has 1 aliphatic carbocycles. The zero-order valence-electron chi connectivity index (χ0n) is 14.3. The van der Waals surface area contributed by atoms with Crippen molar-refractivity contribution in [2.75, 3.05) is 13.1 Å². The molecule has 0 unspecified atom stereocenters. The van der Waals surface area contributed by atoms with Gasteiger partial charge in [0, 0.05) is 19.5 Å². The molecule has 7 heteroatoms. The zero-order chi connectivity index (χ0) is 17.8. The van der Waals surface area contributed by atoms with Crippen LogP contribution in [-0.4, -0.2) is 46.7 Å². The quantitative estimate of drug-likeness (QED) is 0.423. The van der Waals surface area contributed by atoms with E-state index < -0.39 is 11.6 Å². The number of hydrogen-bond donors (Lipinski definition) is 4. The highest BCUT2D eigenvalue weighted by atomic mass is 16.4. The molecule has 24 heavy (non-hydrogen) atoms. The van der Waals surface area contributed by atoms with E-state index in [-0.39, 0.29) is 31.2 Å². The Morgan fingerprint density at radius 1 is 0.833 bits per heavy atom. The summed E-state index contributed by atoms with van der Waals surface area (Å²) in [4.78, 5) is 33.6. The van der Waals surface area contributed by atoms with Gasteiger partial charge in [-0.3, -0.25) is 14.4 Å². The van der Waals surface area contributed by atoms with Crippen molar-refractivity contribution in [3.8, 4) is 0 Å². The molecule has 1 aliphatic rings. The van der Waals surface area contributed by atoms with Gasteiger partial charge in [0.05, 0.1) is 18.4 Å². The minimum Gasteiger partial charge on any atom is -0.481 e. The smallest absolute Gasteiger partial charge is 0.305 e. The molecule has 0 spiro atoms. The second kappa shape index (κ2) is 11.0. The lowest BCUT2D eigenvalue weighted by atomic mass is 9.82. The first-order valence-corrected chi connectivity index (χ1v) is 8.89. The van der Waals surface area contributed by atoms with Gasteiger partial charge in [0.15, 0.2) is 0 Å². The number of rotatable bonds is 11. The summed E-state index contributed by atoms with van der Waals surface area (Å²) in [7, 11) is 0. The SMILES string of the molecule is O=C(O)CCNC(=O)CCCCCNC(=O)CC1(O)CCCCC1. The summed E-state index contributed by atoms with van der Waals surface area (Å²) in [6.07, 6.45) is 7.30. The highest BCUT2D eigenvalue weighted by Gasteiger charge is 2.31. The maximum atomic E-state index is 11.8. The second-order valence-corrected chi connectivity index (χ2v) is 6.62. The van der Waals surface area contributed by atoms with Crippen LogP contribution in [0.3, 0.4) is 0 Å². The van der Waals surface area contributed by atoms with Crippen LogP contribution >= 0.6 is 0 Å². The van der Waals surface area contributed by atoms with E-state index in [2.05, 4.69) is 10.6 Å². The number of hydrogen-bond acceptors (Lipinski definition) is 4. The van der Waals surface area contributed by atoms with Gasteiger partial charge in [-0.15, -0.1) is 0 Å². The van der Waals surface area contributed by atoms with Crippen LogP contribution in [0, 0.1) is 0 Å². The van der Waals surface area contributed by atoms with E-state index in [0.29, 0.717) is 32.2 Å². The van der Waals surface area contributed by atoms with Gasteiger partial charge >= 0.3 is 5.97 Å². The normalized spacial score (nSPS) is 16.4. The lowest BCUT2D eigenvalue weighted by Gasteiger charge is -2.31. The molecule has 7 nitrogen and oxygen atoms in total. The molecule has 0 aliphatic heterocycles. The van der Waals surface area contributed by atoms with Crippen LogP contribution in [0.15, 0.2) is 0 Å². The number of nitrogens with one attached hydrogen (secondary N) is 2. The summed E-state index contributed by atoms with van der Waals surface area (Å²) >= 11 is 0. The van der Waals surface area contributed by atoms with Crippen molar-refractivity contribution in [3.05, 3.63) is 0 Å². The Labute approximate surface area is 143 Å². The Morgan fingerprint density at radius 3 is 2.17 bits per heavy atom. The summed E-state index contributed by atoms with van der Waals surface area (Å²) in [6, 6.07) is 0. The molecular weight excluding hydrogens is 312 g/mol. The van der Waals surface area contributed by atoms with E-state index in [1.165, 1.54) is 0 Å². The molecule has 0 saturated heterocycles. The van der Waals surface area contributed by atoms with Gasteiger partial charge in [0.25, 0.3) is 0 Å². The molecule has 0 heterocycles. The Kier molecular flexibility index (Phi) is 9.37. The zero-order valence-corrected chi connectivity index (χ0v) is 14.3. The van der Waals surface area contributed by atoms with Crippen molar-refractivity contribution in [1.29, 1.82) is 0 Å². The molecule has 2 amide bonds. The van der Waals surface area contributed by atoms with Crippen LogP contribution in [0.25, 0.3) is 0 Å². The average molecular weight is 342 g/mol. The van der Waals surface area contributed by atoms with Gasteiger partial charge in [-0.2, -0.15) is 0 Å². The summed E-state index contributed by atoms with van der Waals surface area (Å²) in [6.45, 7) is 0.711. The fourth-order valence-corrected chi connectivity index (χ4v) is 2.96. The monoisotopic (exact) mass is 342 g/mol. The van der Waals surface area contributed by atoms with Crippen LogP contribution in [0.1, 0.15) is 70.6 Å². The van der Waals surface area contributed by atoms with Crippen molar-refractivity contribution in [2.45, 2.75) is 76.2 Å². The topological polar surface area (TPSA) is 116 Å². The molecule has 1 fully saturated rings. The molecule has 4 N–H and O–H groups in total. The van der Waals surface area contributed by atoms with E-state index >= 15 is 0 Å². The summed E-state index contributed by atoms with van der Waals surface area (Å²) < 4.78 is 0. The highest BCUT2D eigenvalue weighted by molar-refractivity contribution is 5.77. The number of unbranched alkanes of at least 4 members (excludes halogenated alkanes) is 2. The predicted octanol–water partition coefficient (Wildman–Crippen LogP) is 1.34. The number of carbonyl (C=O) groups excluding carboxylic acids is 2. The van der Waals surface area contributed by atoms with E-state index in [1.807, 2.05) is 0 Å². The van der Waals surface area contributed by atoms with E-state index in [9.17, 15) is 19.5 Å². The van der Waals surface area contributed by atoms with Gasteiger partial charge in [-0.05, 0) is 25.7 Å². The minimum atomic E-state index is -0.927. The molecule has 1 rings (SSSR count). The van der Waals surface area contributed by atoms with Crippen molar-refractivity contribution in [2.24, 2.45) is 0 Å². The molecule has 0 aromatic heterocycles. The molecule has 0 atom stereocenters. The second-order valence-electron chi connectivity index (χ2n) is 6.62. The third kappa shape index (κ3) is 9.50. The molecule has 0 bridgehead atoms. The number of aliphatic carboxylic acids is 1. The lowest BCUT2D eigenvalue weighted by molar-refractivity contribution is -0.137. The molecule has 1 saturated carbocycles. The molecule has 138 valence electrons. The van der Waals surface area contributed by atoms with Crippen LogP contribution in [0.5, 0.6) is 0 Å². The van der Waals surface area contributed by atoms with Gasteiger partial charge in [0.1, 0.15) is 0 Å².